The lowest BCUT2D eigenvalue weighted by atomic mass is 9.97. The van der Waals surface area contributed by atoms with Gasteiger partial charge in [-0.05, 0) is 40.2 Å². The van der Waals surface area contributed by atoms with Crippen molar-refractivity contribution >= 4 is 16.9 Å². The molecule has 0 aliphatic heterocycles. The highest BCUT2D eigenvalue weighted by molar-refractivity contribution is 5.83. The van der Waals surface area contributed by atoms with Crippen molar-refractivity contribution in [1.82, 2.24) is 0 Å². The van der Waals surface area contributed by atoms with Crippen LogP contribution in [0.1, 0.15) is 32.1 Å². The fourth-order valence-electron chi connectivity index (χ4n) is 2.37. The molecule has 0 aliphatic rings. The number of rotatable bonds is 4. The Morgan fingerprint density at radius 1 is 1.33 bits per heavy atom. The standard InChI is InChI=1S/C17H23NO3/c1-11-14(13-7-5-6-8-15(13)20-11)9-12(10-18)16(19)21-17(2,3)4/h5-8,12H,9-10,18H2,1-4H3. The summed E-state index contributed by atoms with van der Waals surface area (Å²) >= 11 is 0. The Bertz CT molecular complexity index is 637. The van der Waals surface area contributed by atoms with Crippen LogP contribution < -0.4 is 5.73 Å². The molecule has 2 rings (SSSR count). The molecule has 114 valence electrons. The molecule has 4 nitrogen and oxygen atoms in total. The van der Waals surface area contributed by atoms with Gasteiger partial charge < -0.3 is 14.9 Å². The van der Waals surface area contributed by atoms with Gasteiger partial charge in [-0.3, -0.25) is 4.79 Å². The number of fused-ring (bicyclic) bond motifs is 1. The van der Waals surface area contributed by atoms with E-state index in [1.54, 1.807) is 0 Å². The Balaban J connectivity index is 2.25. The van der Waals surface area contributed by atoms with Gasteiger partial charge in [0.05, 0.1) is 5.92 Å². The molecule has 1 aromatic carbocycles. The van der Waals surface area contributed by atoms with Crippen LogP contribution >= 0.6 is 0 Å². The highest BCUT2D eigenvalue weighted by atomic mass is 16.6. The van der Waals surface area contributed by atoms with E-state index in [2.05, 4.69) is 0 Å². The van der Waals surface area contributed by atoms with Crippen LogP contribution in [0.3, 0.4) is 0 Å². The molecular formula is C17H23NO3. The number of para-hydroxylation sites is 1. The minimum absolute atomic E-state index is 0.255. The van der Waals surface area contributed by atoms with Crippen LogP contribution in [-0.2, 0) is 16.0 Å². The third-order valence-corrected chi connectivity index (χ3v) is 3.38. The number of ether oxygens (including phenoxy) is 1. The van der Waals surface area contributed by atoms with Crippen molar-refractivity contribution in [1.29, 1.82) is 0 Å². The summed E-state index contributed by atoms with van der Waals surface area (Å²) in [7, 11) is 0. The highest BCUT2D eigenvalue weighted by Crippen LogP contribution is 2.28. The Labute approximate surface area is 125 Å². The summed E-state index contributed by atoms with van der Waals surface area (Å²) in [5, 5.41) is 1.04. The first kappa shape index (κ1) is 15.6. The van der Waals surface area contributed by atoms with Gasteiger partial charge in [0.15, 0.2) is 0 Å². The number of furan rings is 1. The van der Waals surface area contributed by atoms with Crippen molar-refractivity contribution in [2.24, 2.45) is 11.7 Å². The molecule has 0 saturated carbocycles. The maximum Gasteiger partial charge on any atom is 0.311 e. The van der Waals surface area contributed by atoms with Crippen LogP contribution in [0.15, 0.2) is 28.7 Å². The third-order valence-electron chi connectivity index (χ3n) is 3.38. The lowest BCUT2D eigenvalue weighted by molar-refractivity contribution is -0.159. The molecule has 1 heterocycles. The fourth-order valence-corrected chi connectivity index (χ4v) is 2.37. The second-order valence-electron chi connectivity index (χ2n) is 6.30. The zero-order valence-electron chi connectivity index (χ0n) is 13.1. The summed E-state index contributed by atoms with van der Waals surface area (Å²) in [6.07, 6.45) is 0.536. The SMILES string of the molecule is Cc1oc2ccccc2c1CC(CN)C(=O)OC(C)(C)C. The first-order valence-corrected chi connectivity index (χ1v) is 7.21. The number of benzene rings is 1. The molecule has 0 spiro atoms. The van der Waals surface area contributed by atoms with Crippen LogP contribution in [0.2, 0.25) is 0 Å². The van der Waals surface area contributed by atoms with E-state index in [0.717, 1.165) is 22.3 Å². The number of aryl methyl sites for hydroxylation is 1. The van der Waals surface area contributed by atoms with E-state index < -0.39 is 5.60 Å². The van der Waals surface area contributed by atoms with E-state index in [9.17, 15) is 4.79 Å². The minimum atomic E-state index is -0.502. The minimum Gasteiger partial charge on any atom is -0.461 e. The van der Waals surface area contributed by atoms with E-state index in [1.165, 1.54) is 0 Å². The summed E-state index contributed by atoms with van der Waals surface area (Å²) in [5.74, 6) is 0.219. The lowest BCUT2D eigenvalue weighted by Crippen LogP contribution is -2.33. The van der Waals surface area contributed by atoms with Gasteiger partial charge in [-0.15, -0.1) is 0 Å². The normalized spacial score (nSPS) is 13.4. The van der Waals surface area contributed by atoms with Crippen molar-refractivity contribution in [3.05, 3.63) is 35.6 Å². The van der Waals surface area contributed by atoms with Gasteiger partial charge in [-0.1, -0.05) is 18.2 Å². The van der Waals surface area contributed by atoms with Crippen LogP contribution in [0, 0.1) is 12.8 Å². The Morgan fingerprint density at radius 2 is 2.00 bits per heavy atom. The van der Waals surface area contributed by atoms with Gasteiger partial charge in [0.1, 0.15) is 16.9 Å². The molecule has 0 bridgehead atoms. The molecule has 0 aliphatic carbocycles. The predicted octanol–water partition coefficient (Wildman–Crippen LogP) is 3.20. The largest absolute Gasteiger partial charge is 0.461 e. The Kier molecular flexibility index (Phi) is 4.37. The summed E-state index contributed by atoms with van der Waals surface area (Å²) in [5.41, 5.74) is 7.14. The quantitative estimate of drug-likeness (QED) is 0.878. The average molecular weight is 289 g/mol. The molecular weight excluding hydrogens is 266 g/mol. The smallest absolute Gasteiger partial charge is 0.311 e. The first-order chi connectivity index (χ1) is 9.81. The van der Waals surface area contributed by atoms with Crippen LogP contribution in [0.25, 0.3) is 11.0 Å². The van der Waals surface area contributed by atoms with Crippen molar-refractivity contribution in [2.45, 2.75) is 39.7 Å². The molecule has 4 heteroatoms. The Hall–Kier alpha value is -1.81. The summed E-state index contributed by atoms with van der Waals surface area (Å²) in [4.78, 5) is 12.2. The summed E-state index contributed by atoms with van der Waals surface area (Å²) in [6.45, 7) is 7.75. The molecule has 1 unspecified atom stereocenters. The number of hydrogen-bond donors (Lipinski definition) is 1. The maximum atomic E-state index is 12.2. The Morgan fingerprint density at radius 3 is 2.62 bits per heavy atom. The van der Waals surface area contributed by atoms with Gasteiger partial charge in [0.2, 0.25) is 0 Å². The molecule has 1 atom stereocenters. The average Bonchev–Trinajstić information content (AvgIpc) is 2.69. The van der Waals surface area contributed by atoms with Crippen molar-refractivity contribution < 1.29 is 13.9 Å². The van der Waals surface area contributed by atoms with Gasteiger partial charge in [0, 0.05) is 17.5 Å². The van der Waals surface area contributed by atoms with Gasteiger partial charge >= 0.3 is 5.97 Å². The topological polar surface area (TPSA) is 65.5 Å². The van der Waals surface area contributed by atoms with Crippen LogP contribution in [0.5, 0.6) is 0 Å². The molecule has 2 aromatic rings. The van der Waals surface area contributed by atoms with Crippen molar-refractivity contribution in [3.8, 4) is 0 Å². The number of carbonyl (C=O) groups is 1. The molecule has 0 radical (unpaired) electrons. The van der Waals surface area contributed by atoms with Crippen molar-refractivity contribution in [3.63, 3.8) is 0 Å². The first-order valence-electron chi connectivity index (χ1n) is 7.21. The van der Waals surface area contributed by atoms with Crippen molar-refractivity contribution in [2.75, 3.05) is 6.54 Å². The van der Waals surface area contributed by atoms with E-state index in [4.69, 9.17) is 14.9 Å². The predicted molar refractivity (Wildman–Crippen MR) is 83.0 cm³/mol. The maximum absolute atomic E-state index is 12.2. The third kappa shape index (κ3) is 3.64. The van der Waals surface area contributed by atoms with Gasteiger partial charge in [-0.2, -0.15) is 0 Å². The van der Waals surface area contributed by atoms with E-state index in [1.807, 2.05) is 52.0 Å². The number of esters is 1. The number of hydrogen-bond acceptors (Lipinski definition) is 4. The molecule has 1 aromatic heterocycles. The highest BCUT2D eigenvalue weighted by Gasteiger charge is 2.26. The lowest BCUT2D eigenvalue weighted by Gasteiger charge is -2.23. The van der Waals surface area contributed by atoms with Crippen LogP contribution in [-0.4, -0.2) is 18.1 Å². The second-order valence-corrected chi connectivity index (χ2v) is 6.30. The molecule has 0 saturated heterocycles. The summed E-state index contributed by atoms with van der Waals surface area (Å²) < 4.78 is 11.2. The van der Waals surface area contributed by atoms with E-state index in [0.29, 0.717) is 6.42 Å². The van der Waals surface area contributed by atoms with Gasteiger partial charge in [-0.25, -0.2) is 0 Å². The molecule has 0 amide bonds. The van der Waals surface area contributed by atoms with E-state index in [-0.39, 0.29) is 18.4 Å². The number of carbonyl (C=O) groups excluding carboxylic acids is 1. The second kappa shape index (κ2) is 5.90. The molecule has 0 fully saturated rings. The zero-order chi connectivity index (χ0) is 15.6. The van der Waals surface area contributed by atoms with Crippen LogP contribution in [0.4, 0.5) is 0 Å². The van der Waals surface area contributed by atoms with E-state index >= 15 is 0 Å². The van der Waals surface area contributed by atoms with Gasteiger partial charge in [0.25, 0.3) is 0 Å². The summed E-state index contributed by atoms with van der Waals surface area (Å²) in [6, 6.07) is 7.83. The molecule has 21 heavy (non-hydrogen) atoms. The fraction of sp³-hybridized carbons (Fsp3) is 0.471. The monoisotopic (exact) mass is 289 g/mol. The molecule has 2 N–H and O–H groups in total. The zero-order valence-corrected chi connectivity index (χ0v) is 13.1. The number of nitrogens with two attached hydrogens (primary N) is 1.